The quantitative estimate of drug-likeness (QED) is 0.163. The number of nitro groups is 1. The third-order valence-corrected chi connectivity index (χ3v) is 6.21. The molecule has 0 aliphatic carbocycles. The fourth-order valence-corrected chi connectivity index (χ4v) is 4.20. The molecule has 1 fully saturated rings. The minimum Gasteiger partial charge on any atom is -0.482 e. The molecular formula is C21H15Cl3N4O5S. The van der Waals surface area contributed by atoms with E-state index in [1.165, 1.54) is 47.4 Å². The molecule has 1 heterocycles. The zero-order chi connectivity index (χ0) is 24.8. The third-order valence-electron chi connectivity index (χ3n) is 4.19. The number of carbonyl (C=O) groups excluding carboxylic acids is 2. The Labute approximate surface area is 213 Å². The van der Waals surface area contributed by atoms with Crippen LogP contribution in [-0.2, 0) is 9.59 Å². The van der Waals surface area contributed by atoms with E-state index in [1.807, 2.05) is 0 Å². The maximum Gasteiger partial charge on any atom is 0.278 e. The molecule has 34 heavy (non-hydrogen) atoms. The van der Waals surface area contributed by atoms with Gasteiger partial charge in [-0.2, -0.15) is 0 Å². The predicted molar refractivity (Wildman–Crippen MR) is 133 cm³/mol. The summed E-state index contributed by atoms with van der Waals surface area (Å²) in [5.41, 5.74) is 2.69. The number of nitro benzene ring substituents is 1. The summed E-state index contributed by atoms with van der Waals surface area (Å²) >= 11 is 18.8. The summed E-state index contributed by atoms with van der Waals surface area (Å²) in [6.07, 6.45) is 3.01. The van der Waals surface area contributed by atoms with Crippen LogP contribution in [0.2, 0.25) is 15.1 Å². The molecule has 3 rings (SSSR count). The molecule has 1 aliphatic heterocycles. The van der Waals surface area contributed by atoms with Gasteiger partial charge in [-0.3, -0.25) is 24.6 Å². The molecule has 0 unspecified atom stereocenters. The number of halogens is 3. The molecule has 1 saturated heterocycles. The van der Waals surface area contributed by atoms with Crippen molar-refractivity contribution < 1.29 is 19.2 Å². The number of non-ortho nitro benzene ring substituents is 1. The monoisotopic (exact) mass is 540 g/mol. The van der Waals surface area contributed by atoms with Crippen molar-refractivity contribution in [1.82, 2.24) is 10.3 Å². The number of amides is 2. The summed E-state index contributed by atoms with van der Waals surface area (Å²) in [4.78, 5) is 37.0. The van der Waals surface area contributed by atoms with Crippen molar-refractivity contribution in [2.45, 2.75) is 0 Å². The Balaban J connectivity index is 1.71. The number of benzene rings is 2. The number of nitrogens with zero attached hydrogens (tertiary/aromatic N) is 3. The highest BCUT2D eigenvalue weighted by atomic mass is 35.5. The molecule has 2 aromatic rings. The topological polar surface area (TPSA) is 114 Å². The van der Waals surface area contributed by atoms with Crippen LogP contribution < -0.4 is 10.2 Å². The Hall–Kier alpha value is -3.05. The molecule has 0 radical (unpaired) electrons. The Morgan fingerprint density at radius 3 is 2.68 bits per heavy atom. The van der Waals surface area contributed by atoms with Crippen LogP contribution in [0.5, 0.6) is 5.75 Å². The first-order valence-corrected chi connectivity index (χ1v) is 11.3. The molecule has 1 aliphatic rings. The number of thioether (sulfide) groups is 1. The van der Waals surface area contributed by atoms with Crippen molar-refractivity contribution in [1.29, 1.82) is 0 Å². The first-order chi connectivity index (χ1) is 16.2. The van der Waals surface area contributed by atoms with Gasteiger partial charge in [-0.05, 0) is 29.5 Å². The maximum atomic E-state index is 12.8. The highest BCUT2D eigenvalue weighted by Crippen LogP contribution is 2.34. The van der Waals surface area contributed by atoms with E-state index in [2.05, 4.69) is 17.1 Å². The lowest BCUT2D eigenvalue weighted by atomic mass is 10.2. The molecule has 0 aromatic heterocycles. The summed E-state index contributed by atoms with van der Waals surface area (Å²) in [5, 5.41) is 15.8. The zero-order valence-electron chi connectivity index (χ0n) is 17.2. The first kappa shape index (κ1) is 25.6. The van der Waals surface area contributed by atoms with Crippen LogP contribution in [0.25, 0.3) is 6.08 Å². The normalized spacial score (nSPS) is 15.6. The molecule has 0 saturated carbocycles. The van der Waals surface area contributed by atoms with E-state index in [1.54, 1.807) is 6.07 Å². The van der Waals surface area contributed by atoms with Crippen molar-refractivity contribution >= 4 is 75.3 Å². The standard InChI is InChI=1S/C21H15Cl3N4O5S/c1-2-6-27-20(30)18(8-12-4-3-5-13(7-12)28(31)32)34-21(27)26-25-19(29)11-33-17-10-15(23)14(22)9-16(17)24/h2-5,7-10H,1,6,11H2,(H,25,29). The number of hydrazone groups is 1. The van der Waals surface area contributed by atoms with Gasteiger partial charge in [-0.15, -0.1) is 11.7 Å². The van der Waals surface area contributed by atoms with Gasteiger partial charge in [0.15, 0.2) is 11.8 Å². The Morgan fingerprint density at radius 2 is 1.97 bits per heavy atom. The van der Waals surface area contributed by atoms with Crippen LogP contribution in [0.15, 0.2) is 59.1 Å². The second-order valence-electron chi connectivity index (χ2n) is 6.58. The highest BCUT2D eigenvalue weighted by Gasteiger charge is 2.33. The molecule has 1 N–H and O–H groups in total. The van der Waals surface area contributed by atoms with Gasteiger partial charge >= 0.3 is 0 Å². The number of ether oxygens (including phenoxy) is 1. The Kier molecular flexibility index (Phi) is 8.56. The lowest BCUT2D eigenvalue weighted by Crippen LogP contribution is -2.32. The van der Waals surface area contributed by atoms with Gasteiger partial charge in [0.2, 0.25) is 0 Å². The van der Waals surface area contributed by atoms with Crippen LogP contribution >= 0.6 is 46.6 Å². The van der Waals surface area contributed by atoms with Gasteiger partial charge in [0, 0.05) is 24.7 Å². The summed E-state index contributed by atoms with van der Waals surface area (Å²) < 4.78 is 5.35. The van der Waals surface area contributed by atoms with Crippen molar-refractivity contribution in [2.24, 2.45) is 5.10 Å². The molecule has 0 atom stereocenters. The van der Waals surface area contributed by atoms with Gasteiger partial charge in [0.05, 0.1) is 24.9 Å². The lowest BCUT2D eigenvalue weighted by molar-refractivity contribution is -0.384. The van der Waals surface area contributed by atoms with Crippen molar-refractivity contribution in [3.8, 4) is 5.75 Å². The van der Waals surface area contributed by atoms with E-state index in [0.717, 1.165) is 11.8 Å². The molecule has 2 aromatic carbocycles. The molecule has 0 bridgehead atoms. The van der Waals surface area contributed by atoms with Crippen LogP contribution in [0.4, 0.5) is 5.69 Å². The highest BCUT2D eigenvalue weighted by molar-refractivity contribution is 8.18. The number of nitrogens with one attached hydrogen (secondary N) is 1. The predicted octanol–water partition coefficient (Wildman–Crippen LogP) is 5.12. The minimum absolute atomic E-state index is 0.101. The summed E-state index contributed by atoms with van der Waals surface area (Å²) in [6, 6.07) is 8.63. The molecule has 0 spiro atoms. The average molecular weight is 542 g/mol. The van der Waals surface area contributed by atoms with Crippen molar-refractivity contribution in [2.75, 3.05) is 13.2 Å². The van der Waals surface area contributed by atoms with E-state index < -0.39 is 17.4 Å². The minimum atomic E-state index is -0.614. The maximum absolute atomic E-state index is 12.8. The van der Waals surface area contributed by atoms with Crippen LogP contribution in [0, 0.1) is 10.1 Å². The van der Waals surface area contributed by atoms with Gasteiger partial charge in [-0.25, -0.2) is 5.43 Å². The van der Waals surface area contributed by atoms with Gasteiger partial charge < -0.3 is 4.74 Å². The van der Waals surface area contributed by atoms with E-state index >= 15 is 0 Å². The molecule has 2 amide bonds. The average Bonchev–Trinajstić information content (AvgIpc) is 3.08. The second kappa shape index (κ2) is 11.4. The third kappa shape index (κ3) is 6.29. The zero-order valence-corrected chi connectivity index (χ0v) is 20.2. The second-order valence-corrected chi connectivity index (χ2v) is 8.81. The number of rotatable bonds is 8. The molecule has 176 valence electrons. The number of hydrogen-bond donors (Lipinski definition) is 1. The van der Waals surface area contributed by atoms with E-state index in [-0.39, 0.29) is 49.0 Å². The first-order valence-electron chi connectivity index (χ1n) is 9.40. The van der Waals surface area contributed by atoms with Gasteiger partial charge in [0.1, 0.15) is 5.75 Å². The summed E-state index contributed by atoms with van der Waals surface area (Å²) in [5.74, 6) is -0.833. The molecular weight excluding hydrogens is 527 g/mol. The smallest absolute Gasteiger partial charge is 0.278 e. The van der Waals surface area contributed by atoms with Crippen molar-refractivity contribution in [3.05, 3.63) is 84.7 Å². The molecule has 9 nitrogen and oxygen atoms in total. The number of carbonyl (C=O) groups is 2. The van der Waals surface area contributed by atoms with Gasteiger partial charge in [0.25, 0.3) is 17.5 Å². The molecule has 13 heteroatoms. The van der Waals surface area contributed by atoms with E-state index in [9.17, 15) is 19.7 Å². The SMILES string of the molecule is C=CCN1C(=O)C(=Cc2cccc([N+](=O)[O-])c2)SC1=NNC(=O)COc1cc(Cl)c(Cl)cc1Cl. The van der Waals surface area contributed by atoms with Gasteiger partial charge in [-0.1, -0.05) is 53.0 Å². The van der Waals surface area contributed by atoms with Crippen LogP contribution in [0.1, 0.15) is 5.56 Å². The lowest BCUT2D eigenvalue weighted by Gasteiger charge is -2.12. The van der Waals surface area contributed by atoms with Crippen LogP contribution in [-0.4, -0.2) is 40.0 Å². The largest absolute Gasteiger partial charge is 0.482 e. The van der Waals surface area contributed by atoms with E-state index in [4.69, 9.17) is 39.5 Å². The van der Waals surface area contributed by atoms with Crippen molar-refractivity contribution in [3.63, 3.8) is 0 Å². The Bertz CT molecular complexity index is 1230. The van der Waals surface area contributed by atoms with Crippen LogP contribution in [0.3, 0.4) is 0 Å². The number of amidine groups is 1. The van der Waals surface area contributed by atoms with E-state index in [0.29, 0.717) is 5.56 Å². The number of hydrogen-bond acceptors (Lipinski definition) is 7. The fraction of sp³-hybridized carbons (Fsp3) is 0.0952. The summed E-state index contributed by atoms with van der Waals surface area (Å²) in [6.45, 7) is 3.34. The summed E-state index contributed by atoms with van der Waals surface area (Å²) in [7, 11) is 0. The fourth-order valence-electron chi connectivity index (χ4n) is 2.66. The Morgan fingerprint density at radius 1 is 1.24 bits per heavy atom.